The molecule has 3 heterocycles. The molecule has 0 radical (unpaired) electrons. The molecule has 18 heavy (non-hydrogen) atoms. The summed E-state index contributed by atoms with van der Waals surface area (Å²) < 4.78 is 3.14. The topological polar surface area (TPSA) is 91.1 Å². The number of rotatable bonds is 2. The number of imidazole rings is 1. The summed E-state index contributed by atoms with van der Waals surface area (Å²) in [5.74, 6) is 0.430. The second kappa shape index (κ2) is 3.95. The lowest BCUT2D eigenvalue weighted by Crippen LogP contribution is -2.20. The van der Waals surface area contributed by atoms with Gasteiger partial charge in [-0.3, -0.25) is 4.98 Å². The maximum absolute atomic E-state index is 11.6. The summed E-state index contributed by atoms with van der Waals surface area (Å²) in [6.07, 6.45) is 5.08. The maximum atomic E-state index is 11.6. The molecule has 90 valence electrons. The Hall–Kier alpha value is -2.70. The summed E-state index contributed by atoms with van der Waals surface area (Å²) >= 11 is 0. The van der Waals surface area contributed by atoms with E-state index in [1.807, 2.05) is 18.2 Å². The van der Waals surface area contributed by atoms with Crippen molar-refractivity contribution in [3.05, 3.63) is 53.0 Å². The Bertz CT molecular complexity index is 745. The Kier molecular flexibility index (Phi) is 2.30. The average molecular weight is 242 g/mol. The first-order chi connectivity index (χ1) is 8.74. The molecule has 3 aromatic heterocycles. The van der Waals surface area contributed by atoms with Crippen molar-refractivity contribution < 1.29 is 0 Å². The molecule has 0 amide bonds. The van der Waals surface area contributed by atoms with Crippen LogP contribution in [0, 0.1) is 0 Å². The van der Waals surface area contributed by atoms with E-state index in [4.69, 9.17) is 5.73 Å². The zero-order chi connectivity index (χ0) is 12.5. The second-order valence-corrected chi connectivity index (χ2v) is 3.78. The molecule has 0 spiro atoms. The van der Waals surface area contributed by atoms with Gasteiger partial charge in [-0.25, -0.2) is 9.20 Å². The quantitative estimate of drug-likeness (QED) is 0.678. The van der Waals surface area contributed by atoms with Gasteiger partial charge in [0.1, 0.15) is 0 Å². The highest BCUT2D eigenvalue weighted by molar-refractivity contribution is 5.34. The largest absolute Gasteiger partial charge is 0.368 e. The molecular formula is C11H10N6O. The van der Waals surface area contributed by atoms with Gasteiger partial charge < -0.3 is 10.3 Å². The maximum Gasteiger partial charge on any atom is 0.357 e. The normalized spacial score (nSPS) is 10.9. The van der Waals surface area contributed by atoms with Gasteiger partial charge in [0.05, 0.1) is 12.2 Å². The molecule has 7 nitrogen and oxygen atoms in total. The first-order valence-electron chi connectivity index (χ1n) is 5.35. The molecule has 0 unspecified atom stereocenters. The van der Waals surface area contributed by atoms with Crippen LogP contribution in [0.4, 0.5) is 5.95 Å². The van der Waals surface area contributed by atoms with Crippen LogP contribution in [0.5, 0.6) is 0 Å². The van der Waals surface area contributed by atoms with Crippen molar-refractivity contribution in [2.24, 2.45) is 0 Å². The fraction of sp³-hybridized carbons (Fsp3) is 0.0909. The molecular weight excluding hydrogens is 232 g/mol. The number of anilines is 1. The van der Waals surface area contributed by atoms with Crippen molar-refractivity contribution in [3.63, 3.8) is 0 Å². The van der Waals surface area contributed by atoms with Gasteiger partial charge >= 0.3 is 5.69 Å². The van der Waals surface area contributed by atoms with E-state index < -0.39 is 5.69 Å². The highest BCUT2D eigenvalue weighted by atomic mass is 16.1. The van der Waals surface area contributed by atoms with Gasteiger partial charge in [-0.1, -0.05) is 6.07 Å². The van der Waals surface area contributed by atoms with E-state index in [1.165, 1.54) is 4.40 Å². The number of hydrogen-bond donors (Lipinski definition) is 1. The molecule has 0 bridgehead atoms. The van der Waals surface area contributed by atoms with Gasteiger partial charge in [-0.05, 0) is 12.1 Å². The van der Waals surface area contributed by atoms with Crippen molar-refractivity contribution in [2.75, 3.05) is 5.73 Å². The average Bonchev–Trinajstić information content (AvgIpc) is 2.74. The van der Waals surface area contributed by atoms with Gasteiger partial charge in [-0.15, -0.1) is 0 Å². The Morgan fingerprint density at radius 2 is 2.11 bits per heavy atom. The molecule has 0 aliphatic heterocycles. The van der Waals surface area contributed by atoms with Crippen LogP contribution in [0.25, 0.3) is 5.78 Å². The molecule has 7 heteroatoms. The van der Waals surface area contributed by atoms with Crippen molar-refractivity contribution in [2.45, 2.75) is 6.54 Å². The van der Waals surface area contributed by atoms with E-state index in [2.05, 4.69) is 15.0 Å². The molecule has 0 atom stereocenters. The molecule has 3 aromatic rings. The molecule has 0 saturated heterocycles. The SMILES string of the molecule is Nc1nc(=O)n2ccn(Cc3ccccn3)c2n1. The van der Waals surface area contributed by atoms with Crippen molar-refractivity contribution in [1.82, 2.24) is 23.9 Å². The lowest BCUT2D eigenvalue weighted by atomic mass is 10.3. The minimum absolute atomic E-state index is 0.0269. The molecule has 0 saturated carbocycles. The number of fused-ring (bicyclic) bond motifs is 1. The van der Waals surface area contributed by atoms with E-state index in [-0.39, 0.29) is 5.95 Å². The first kappa shape index (κ1) is 10.5. The minimum atomic E-state index is -0.433. The summed E-state index contributed by atoms with van der Waals surface area (Å²) in [6, 6.07) is 5.66. The van der Waals surface area contributed by atoms with Crippen LogP contribution in [0.15, 0.2) is 41.6 Å². The Labute approximate surface area is 102 Å². The fourth-order valence-corrected chi connectivity index (χ4v) is 1.76. The molecule has 0 aliphatic carbocycles. The number of pyridine rings is 1. The van der Waals surface area contributed by atoms with Gasteiger partial charge in [0.15, 0.2) is 0 Å². The van der Waals surface area contributed by atoms with Crippen molar-refractivity contribution in [3.8, 4) is 0 Å². The van der Waals surface area contributed by atoms with Crippen LogP contribution in [-0.4, -0.2) is 23.9 Å². The Morgan fingerprint density at radius 3 is 2.89 bits per heavy atom. The first-order valence-corrected chi connectivity index (χ1v) is 5.35. The highest BCUT2D eigenvalue weighted by Crippen LogP contribution is 2.04. The Balaban J connectivity index is 2.11. The standard InChI is InChI=1S/C11H10N6O/c12-9-14-10-16(5-6-17(10)11(18)15-9)7-8-3-1-2-4-13-8/h1-6H,7H2,(H2,12,15,18). The molecule has 3 rings (SSSR count). The Morgan fingerprint density at radius 1 is 1.22 bits per heavy atom. The summed E-state index contributed by atoms with van der Waals surface area (Å²) in [7, 11) is 0. The zero-order valence-electron chi connectivity index (χ0n) is 9.39. The van der Waals surface area contributed by atoms with E-state index >= 15 is 0 Å². The number of nitrogens with two attached hydrogens (primary N) is 1. The van der Waals surface area contributed by atoms with Crippen molar-refractivity contribution >= 4 is 11.7 Å². The predicted octanol–water partition coefficient (Wildman–Crippen LogP) is -0.0835. The number of aromatic nitrogens is 5. The van der Waals surface area contributed by atoms with Crippen LogP contribution in [0.1, 0.15) is 5.69 Å². The van der Waals surface area contributed by atoms with Crippen LogP contribution in [0.2, 0.25) is 0 Å². The summed E-state index contributed by atoms with van der Waals surface area (Å²) in [5, 5.41) is 0. The van der Waals surface area contributed by atoms with Crippen molar-refractivity contribution in [1.29, 1.82) is 0 Å². The lowest BCUT2D eigenvalue weighted by molar-refractivity contribution is 0.780. The monoisotopic (exact) mass is 242 g/mol. The summed E-state index contributed by atoms with van der Waals surface area (Å²) in [4.78, 5) is 23.4. The summed E-state index contributed by atoms with van der Waals surface area (Å²) in [6.45, 7) is 0.521. The van der Waals surface area contributed by atoms with Crippen LogP contribution >= 0.6 is 0 Å². The third-order valence-corrected chi connectivity index (χ3v) is 2.56. The van der Waals surface area contributed by atoms with Gasteiger partial charge in [0, 0.05) is 18.6 Å². The number of nitrogen functional groups attached to an aromatic ring is 1. The van der Waals surface area contributed by atoms with E-state index in [1.54, 1.807) is 23.2 Å². The highest BCUT2D eigenvalue weighted by Gasteiger charge is 2.07. The fourth-order valence-electron chi connectivity index (χ4n) is 1.76. The molecule has 0 aromatic carbocycles. The third kappa shape index (κ3) is 1.71. The number of nitrogens with zero attached hydrogens (tertiary/aromatic N) is 5. The molecule has 0 fully saturated rings. The van der Waals surface area contributed by atoms with Gasteiger partial charge in [0.25, 0.3) is 0 Å². The van der Waals surface area contributed by atoms with Gasteiger partial charge in [-0.2, -0.15) is 9.97 Å². The van der Waals surface area contributed by atoms with Crippen LogP contribution < -0.4 is 11.4 Å². The van der Waals surface area contributed by atoms with Gasteiger partial charge in [0.2, 0.25) is 11.7 Å². The number of hydrogen-bond acceptors (Lipinski definition) is 5. The van der Waals surface area contributed by atoms with E-state index in [0.29, 0.717) is 12.3 Å². The third-order valence-electron chi connectivity index (χ3n) is 2.56. The summed E-state index contributed by atoms with van der Waals surface area (Å²) in [5.41, 5.74) is 5.92. The minimum Gasteiger partial charge on any atom is -0.368 e. The van der Waals surface area contributed by atoms with Crippen LogP contribution in [-0.2, 0) is 6.54 Å². The van der Waals surface area contributed by atoms with E-state index in [9.17, 15) is 4.79 Å². The van der Waals surface area contributed by atoms with E-state index in [0.717, 1.165) is 5.69 Å². The smallest absolute Gasteiger partial charge is 0.357 e. The zero-order valence-corrected chi connectivity index (χ0v) is 9.39. The molecule has 2 N–H and O–H groups in total. The lowest BCUT2D eigenvalue weighted by Gasteiger charge is -2.03. The predicted molar refractivity (Wildman–Crippen MR) is 65.0 cm³/mol. The molecule has 0 aliphatic rings. The van der Waals surface area contributed by atoms with Crippen LogP contribution in [0.3, 0.4) is 0 Å². The second-order valence-electron chi connectivity index (χ2n) is 3.78.